The highest BCUT2D eigenvalue weighted by Crippen LogP contribution is 2.36. The Kier molecular flexibility index (Phi) is 3.03. The molecule has 82 valence electrons. The molecule has 0 spiro atoms. The molecule has 1 fully saturated rings. The van der Waals surface area contributed by atoms with Crippen molar-refractivity contribution < 1.29 is 4.74 Å². The van der Waals surface area contributed by atoms with Gasteiger partial charge in [0.1, 0.15) is 0 Å². The van der Waals surface area contributed by atoms with E-state index in [0.717, 1.165) is 26.1 Å². The maximum absolute atomic E-state index is 5.80. The smallest absolute Gasteiger partial charge is 0.0586 e. The van der Waals surface area contributed by atoms with E-state index in [0.29, 0.717) is 0 Å². The third-order valence-electron chi connectivity index (χ3n) is 3.11. The van der Waals surface area contributed by atoms with Gasteiger partial charge in [-0.15, -0.1) is 0 Å². The maximum atomic E-state index is 5.80. The summed E-state index contributed by atoms with van der Waals surface area (Å²) in [4.78, 5) is 4.17. The Hall–Kier alpha value is -0.930. The van der Waals surface area contributed by atoms with Crippen molar-refractivity contribution in [2.24, 2.45) is 5.73 Å². The first-order chi connectivity index (χ1) is 7.23. The summed E-state index contributed by atoms with van der Waals surface area (Å²) in [5.74, 6) is 0. The van der Waals surface area contributed by atoms with Gasteiger partial charge in [0.15, 0.2) is 0 Å². The number of nitrogens with zero attached hydrogens (tertiary/aromatic N) is 1. The van der Waals surface area contributed by atoms with Crippen LogP contribution in [0.3, 0.4) is 0 Å². The van der Waals surface area contributed by atoms with E-state index in [1.807, 2.05) is 18.5 Å². The summed E-state index contributed by atoms with van der Waals surface area (Å²) in [5, 5.41) is 0. The van der Waals surface area contributed by atoms with Crippen LogP contribution in [-0.4, -0.2) is 24.2 Å². The van der Waals surface area contributed by atoms with Gasteiger partial charge in [-0.1, -0.05) is 6.07 Å². The lowest BCUT2D eigenvalue weighted by atomic mass is 9.75. The molecule has 1 saturated heterocycles. The number of pyridine rings is 1. The monoisotopic (exact) mass is 206 g/mol. The Morgan fingerprint density at radius 3 is 2.87 bits per heavy atom. The fourth-order valence-electron chi connectivity index (χ4n) is 1.98. The lowest BCUT2D eigenvalue weighted by Gasteiger charge is -2.42. The molecule has 0 aromatic carbocycles. The maximum Gasteiger partial charge on any atom is 0.0586 e. The minimum Gasteiger partial charge on any atom is -0.379 e. The van der Waals surface area contributed by atoms with Crippen LogP contribution >= 0.6 is 0 Å². The van der Waals surface area contributed by atoms with Crippen LogP contribution in [0.2, 0.25) is 0 Å². The highest BCUT2D eigenvalue weighted by molar-refractivity contribution is 5.24. The normalized spacial score (nSPS) is 20.7. The zero-order chi connectivity index (χ0) is 10.7. The quantitative estimate of drug-likeness (QED) is 0.811. The van der Waals surface area contributed by atoms with Crippen molar-refractivity contribution in [1.29, 1.82) is 0 Å². The second-order valence-electron chi connectivity index (χ2n) is 4.53. The van der Waals surface area contributed by atoms with Crippen LogP contribution in [0.15, 0.2) is 24.5 Å². The number of rotatable bonds is 4. The molecule has 1 unspecified atom stereocenters. The summed E-state index contributed by atoms with van der Waals surface area (Å²) in [6.45, 7) is 3.67. The van der Waals surface area contributed by atoms with E-state index in [1.165, 1.54) is 5.56 Å². The van der Waals surface area contributed by atoms with Crippen molar-refractivity contribution in [3.8, 4) is 0 Å². The Morgan fingerprint density at radius 1 is 1.60 bits per heavy atom. The molecule has 2 heterocycles. The SMILES string of the molecule is CC(N)CCC1(c2cccnc2)COC1. The minimum absolute atomic E-state index is 0.182. The fraction of sp³-hybridized carbons (Fsp3) is 0.583. The molecule has 0 saturated carbocycles. The number of hydrogen-bond acceptors (Lipinski definition) is 3. The van der Waals surface area contributed by atoms with Crippen LogP contribution in [0.1, 0.15) is 25.3 Å². The third kappa shape index (κ3) is 2.19. The van der Waals surface area contributed by atoms with Gasteiger partial charge in [0, 0.05) is 23.9 Å². The van der Waals surface area contributed by atoms with Crippen molar-refractivity contribution in [3.63, 3.8) is 0 Å². The van der Waals surface area contributed by atoms with E-state index >= 15 is 0 Å². The summed E-state index contributed by atoms with van der Waals surface area (Å²) >= 11 is 0. The Balaban J connectivity index is 2.08. The molecule has 0 bridgehead atoms. The van der Waals surface area contributed by atoms with Gasteiger partial charge in [0.25, 0.3) is 0 Å². The molecule has 1 aliphatic rings. The Bertz CT molecular complexity index is 307. The van der Waals surface area contributed by atoms with E-state index in [1.54, 1.807) is 0 Å². The largest absolute Gasteiger partial charge is 0.379 e. The summed E-state index contributed by atoms with van der Waals surface area (Å²) in [6, 6.07) is 4.39. The average Bonchev–Trinajstić information content (AvgIpc) is 2.17. The Morgan fingerprint density at radius 2 is 2.40 bits per heavy atom. The van der Waals surface area contributed by atoms with Gasteiger partial charge in [-0.25, -0.2) is 0 Å². The van der Waals surface area contributed by atoms with Gasteiger partial charge >= 0.3 is 0 Å². The van der Waals surface area contributed by atoms with E-state index in [9.17, 15) is 0 Å². The van der Waals surface area contributed by atoms with Gasteiger partial charge in [-0.05, 0) is 31.4 Å². The van der Waals surface area contributed by atoms with E-state index in [2.05, 4.69) is 18.0 Å². The van der Waals surface area contributed by atoms with E-state index < -0.39 is 0 Å². The number of nitrogens with two attached hydrogens (primary N) is 1. The predicted octanol–water partition coefficient (Wildman–Crippen LogP) is 1.48. The van der Waals surface area contributed by atoms with Gasteiger partial charge < -0.3 is 10.5 Å². The molecular formula is C12H18N2O. The highest BCUT2D eigenvalue weighted by Gasteiger charge is 2.39. The predicted molar refractivity (Wildman–Crippen MR) is 59.6 cm³/mol. The summed E-state index contributed by atoms with van der Waals surface area (Å²) < 4.78 is 5.36. The van der Waals surface area contributed by atoms with Crippen LogP contribution in [0.5, 0.6) is 0 Å². The lowest BCUT2D eigenvalue weighted by Crippen LogP contribution is -2.47. The standard InChI is InChI=1S/C12H18N2O/c1-10(13)4-5-12(8-15-9-12)11-3-2-6-14-7-11/h2-3,6-7,10H,4-5,8-9,13H2,1H3. The van der Waals surface area contributed by atoms with E-state index in [-0.39, 0.29) is 11.5 Å². The molecule has 1 aliphatic heterocycles. The van der Waals surface area contributed by atoms with Gasteiger partial charge in [0.05, 0.1) is 13.2 Å². The molecule has 1 atom stereocenters. The molecule has 1 aromatic heterocycles. The summed E-state index contributed by atoms with van der Waals surface area (Å²) in [6.07, 6.45) is 5.89. The van der Waals surface area contributed by atoms with Gasteiger partial charge in [-0.2, -0.15) is 0 Å². The topological polar surface area (TPSA) is 48.1 Å². The zero-order valence-electron chi connectivity index (χ0n) is 9.15. The second-order valence-corrected chi connectivity index (χ2v) is 4.53. The first-order valence-electron chi connectivity index (χ1n) is 5.47. The number of ether oxygens (including phenoxy) is 1. The average molecular weight is 206 g/mol. The molecule has 0 amide bonds. The van der Waals surface area contributed by atoms with E-state index in [4.69, 9.17) is 10.5 Å². The third-order valence-corrected chi connectivity index (χ3v) is 3.11. The van der Waals surface area contributed by atoms with Crippen LogP contribution in [0.4, 0.5) is 0 Å². The first kappa shape index (κ1) is 10.6. The van der Waals surface area contributed by atoms with Crippen molar-refractivity contribution in [1.82, 2.24) is 4.98 Å². The molecule has 3 nitrogen and oxygen atoms in total. The zero-order valence-corrected chi connectivity index (χ0v) is 9.15. The second kappa shape index (κ2) is 4.29. The molecule has 2 rings (SSSR count). The summed E-state index contributed by atoms with van der Waals surface area (Å²) in [5.41, 5.74) is 7.27. The molecule has 1 aromatic rings. The van der Waals surface area contributed by atoms with Crippen molar-refractivity contribution in [3.05, 3.63) is 30.1 Å². The molecule has 15 heavy (non-hydrogen) atoms. The van der Waals surface area contributed by atoms with Gasteiger partial charge in [0.2, 0.25) is 0 Å². The summed E-state index contributed by atoms with van der Waals surface area (Å²) in [7, 11) is 0. The Labute approximate surface area is 90.7 Å². The van der Waals surface area contributed by atoms with Crippen molar-refractivity contribution in [2.45, 2.75) is 31.2 Å². The van der Waals surface area contributed by atoms with Crippen molar-refractivity contribution in [2.75, 3.05) is 13.2 Å². The molecule has 3 heteroatoms. The minimum atomic E-state index is 0.182. The lowest BCUT2D eigenvalue weighted by molar-refractivity contribution is -0.0658. The van der Waals surface area contributed by atoms with Crippen LogP contribution in [-0.2, 0) is 10.2 Å². The highest BCUT2D eigenvalue weighted by atomic mass is 16.5. The van der Waals surface area contributed by atoms with Crippen LogP contribution < -0.4 is 5.73 Å². The number of aromatic nitrogens is 1. The molecular weight excluding hydrogens is 188 g/mol. The van der Waals surface area contributed by atoms with Crippen LogP contribution in [0, 0.1) is 0 Å². The van der Waals surface area contributed by atoms with Gasteiger partial charge in [-0.3, -0.25) is 4.98 Å². The molecule has 0 aliphatic carbocycles. The van der Waals surface area contributed by atoms with Crippen molar-refractivity contribution >= 4 is 0 Å². The number of hydrogen-bond donors (Lipinski definition) is 1. The molecule has 2 N–H and O–H groups in total. The first-order valence-corrected chi connectivity index (χ1v) is 5.47. The fourth-order valence-corrected chi connectivity index (χ4v) is 1.98. The molecule has 0 radical (unpaired) electrons. The van der Waals surface area contributed by atoms with Crippen LogP contribution in [0.25, 0.3) is 0 Å².